The molecular weight excluding hydrogens is 490 g/mol. The second-order valence-corrected chi connectivity index (χ2v) is 12.2. The fourth-order valence-electron chi connectivity index (χ4n) is 3.32. The number of carbonyl (C=O) groups is 4. The van der Waals surface area contributed by atoms with Crippen molar-refractivity contribution in [2.75, 3.05) is 18.9 Å². The van der Waals surface area contributed by atoms with E-state index in [0.717, 1.165) is 11.8 Å². The van der Waals surface area contributed by atoms with Crippen molar-refractivity contribution in [1.29, 1.82) is 0 Å². The van der Waals surface area contributed by atoms with Gasteiger partial charge in [-0.25, -0.2) is 4.79 Å². The second-order valence-electron chi connectivity index (χ2n) is 11.1. The van der Waals surface area contributed by atoms with Crippen LogP contribution in [0.3, 0.4) is 0 Å². The Labute approximate surface area is 217 Å². The Kier molecular flexibility index (Phi) is 12.1. The molecule has 0 spiro atoms. The predicted octanol–water partition coefficient (Wildman–Crippen LogP) is 2.41. The molecule has 0 aromatic carbocycles. The molecule has 0 saturated carbocycles. The summed E-state index contributed by atoms with van der Waals surface area (Å²) in [5.74, 6) is -1.73. The Hall–Kier alpha value is -1.89. The highest BCUT2D eigenvalue weighted by molar-refractivity contribution is 8.13. The zero-order valence-electron chi connectivity index (χ0n) is 22.5. The Bertz CT molecular complexity index is 782. The van der Waals surface area contributed by atoms with Gasteiger partial charge in [0.25, 0.3) is 0 Å². The van der Waals surface area contributed by atoms with E-state index in [2.05, 4.69) is 10.6 Å². The topological polar surface area (TPSA) is 166 Å². The van der Waals surface area contributed by atoms with Crippen LogP contribution in [0.1, 0.15) is 74.1 Å². The number of carboxylic acid groups (broad SMARTS) is 1. The third-order valence-electron chi connectivity index (χ3n) is 5.31. The van der Waals surface area contributed by atoms with Gasteiger partial charge < -0.3 is 35.7 Å². The molecule has 1 rings (SSSR count). The second kappa shape index (κ2) is 13.6. The molecular formula is C24H43N3O8S. The van der Waals surface area contributed by atoms with Crippen LogP contribution in [0.5, 0.6) is 0 Å². The van der Waals surface area contributed by atoms with Crippen LogP contribution >= 0.6 is 11.8 Å². The van der Waals surface area contributed by atoms with E-state index in [1.54, 1.807) is 34.6 Å². The monoisotopic (exact) mass is 533 g/mol. The van der Waals surface area contributed by atoms with Crippen LogP contribution in [-0.2, 0) is 28.6 Å². The Morgan fingerprint density at radius 3 is 2.36 bits per heavy atom. The van der Waals surface area contributed by atoms with Crippen LogP contribution in [0.15, 0.2) is 0 Å². The van der Waals surface area contributed by atoms with E-state index in [-0.39, 0.29) is 29.9 Å². The van der Waals surface area contributed by atoms with Crippen molar-refractivity contribution in [2.45, 2.75) is 104 Å². The number of alkyl carbamates (subject to hydrolysis) is 1. The first-order valence-electron chi connectivity index (χ1n) is 12.1. The largest absolute Gasteiger partial charge is 0.481 e. The number of ether oxygens (including phenoxy) is 3. The first-order valence-corrected chi connectivity index (χ1v) is 13.1. The molecule has 1 fully saturated rings. The van der Waals surface area contributed by atoms with Crippen molar-refractivity contribution in [1.82, 2.24) is 10.6 Å². The number of amides is 2. The summed E-state index contributed by atoms with van der Waals surface area (Å²) >= 11 is 0.983. The van der Waals surface area contributed by atoms with Gasteiger partial charge in [0.1, 0.15) is 17.7 Å². The molecule has 0 aromatic heterocycles. The first kappa shape index (κ1) is 32.1. The molecule has 12 heteroatoms. The lowest BCUT2D eigenvalue weighted by Crippen LogP contribution is -2.56. The number of carboxylic acids is 1. The summed E-state index contributed by atoms with van der Waals surface area (Å²) in [7, 11) is 0. The zero-order valence-corrected chi connectivity index (χ0v) is 23.3. The summed E-state index contributed by atoms with van der Waals surface area (Å²) < 4.78 is 16.6. The molecule has 36 heavy (non-hydrogen) atoms. The summed E-state index contributed by atoms with van der Waals surface area (Å²) in [6, 6.07) is -1.24. The number of nitrogens with one attached hydrogen (secondary N) is 2. The SMILES string of the molecule is CC(C)(C)OC(=O)N[C@@H](CCC(=O)O)C(=O)SCCC(N)CCNC(=O)[C@@H]1OC(C)(C)OCC1(C)C. The van der Waals surface area contributed by atoms with Crippen LogP contribution in [0.25, 0.3) is 0 Å². The van der Waals surface area contributed by atoms with Gasteiger partial charge in [-0.3, -0.25) is 14.4 Å². The number of thioether (sulfide) groups is 1. The zero-order chi connectivity index (χ0) is 27.7. The highest BCUT2D eigenvalue weighted by atomic mass is 32.2. The van der Waals surface area contributed by atoms with Crippen molar-refractivity contribution in [2.24, 2.45) is 11.1 Å². The highest BCUT2D eigenvalue weighted by Gasteiger charge is 2.45. The maximum atomic E-state index is 12.7. The summed E-state index contributed by atoms with van der Waals surface area (Å²) in [4.78, 5) is 48.3. The quantitative estimate of drug-likeness (QED) is 0.292. The molecule has 1 unspecified atom stereocenters. The van der Waals surface area contributed by atoms with Gasteiger partial charge in [0, 0.05) is 30.2 Å². The van der Waals surface area contributed by atoms with Crippen molar-refractivity contribution < 1.29 is 38.5 Å². The van der Waals surface area contributed by atoms with Crippen molar-refractivity contribution in [3.8, 4) is 0 Å². The Balaban J connectivity index is 2.46. The molecule has 1 aliphatic rings. The van der Waals surface area contributed by atoms with E-state index >= 15 is 0 Å². The number of nitrogens with two attached hydrogens (primary N) is 1. The molecule has 11 nitrogen and oxygen atoms in total. The van der Waals surface area contributed by atoms with Crippen LogP contribution < -0.4 is 16.4 Å². The lowest BCUT2D eigenvalue weighted by Gasteiger charge is -2.44. The van der Waals surface area contributed by atoms with E-state index < -0.39 is 41.0 Å². The number of hydrogen-bond acceptors (Lipinski definition) is 9. The van der Waals surface area contributed by atoms with E-state index in [1.807, 2.05) is 13.8 Å². The van der Waals surface area contributed by atoms with Crippen LogP contribution in [0.4, 0.5) is 4.79 Å². The van der Waals surface area contributed by atoms with Gasteiger partial charge >= 0.3 is 12.1 Å². The Morgan fingerprint density at radius 2 is 1.78 bits per heavy atom. The molecule has 2 amide bonds. The van der Waals surface area contributed by atoms with Gasteiger partial charge in [-0.1, -0.05) is 25.6 Å². The summed E-state index contributed by atoms with van der Waals surface area (Å²) in [5.41, 5.74) is 4.93. The smallest absolute Gasteiger partial charge is 0.408 e. The van der Waals surface area contributed by atoms with E-state index in [9.17, 15) is 19.2 Å². The molecule has 0 bridgehead atoms. The van der Waals surface area contributed by atoms with Crippen molar-refractivity contribution in [3.05, 3.63) is 0 Å². The molecule has 1 heterocycles. The number of aliphatic carboxylic acids is 1. The van der Waals surface area contributed by atoms with Crippen LogP contribution in [0.2, 0.25) is 0 Å². The number of rotatable bonds is 12. The summed E-state index contributed by atoms with van der Waals surface area (Å²) in [5, 5.41) is 13.9. The highest BCUT2D eigenvalue weighted by Crippen LogP contribution is 2.34. The molecule has 3 atom stereocenters. The minimum absolute atomic E-state index is 0.0417. The minimum Gasteiger partial charge on any atom is -0.481 e. The maximum absolute atomic E-state index is 12.7. The van der Waals surface area contributed by atoms with Gasteiger partial charge in [0.05, 0.1) is 6.61 Å². The van der Waals surface area contributed by atoms with Crippen LogP contribution in [0, 0.1) is 5.41 Å². The average molecular weight is 534 g/mol. The van der Waals surface area contributed by atoms with E-state index in [1.165, 1.54) is 0 Å². The van der Waals surface area contributed by atoms with Crippen molar-refractivity contribution in [3.63, 3.8) is 0 Å². The van der Waals surface area contributed by atoms with E-state index in [4.69, 9.17) is 25.1 Å². The molecule has 1 saturated heterocycles. The van der Waals surface area contributed by atoms with E-state index in [0.29, 0.717) is 31.7 Å². The Morgan fingerprint density at radius 1 is 1.14 bits per heavy atom. The van der Waals surface area contributed by atoms with Crippen molar-refractivity contribution >= 4 is 34.8 Å². The van der Waals surface area contributed by atoms with Gasteiger partial charge in [-0.2, -0.15) is 0 Å². The molecule has 0 radical (unpaired) electrons. The maximum Gasteiger partial charge on any atom is 0.408 e. The number of carbonyl (C=O) groups excluding carboxylic acids is 3. The average Bonchev–Trinajstić information content (AvgIpc) is 2.71. The molecule has 0 aliphatic carbocycles. The van der Waals surface area contributed by atoms with Crippen LogP contribution in [-0.4, -0.2) is 76.7 Å². The predicted molar refractivity (Wildman–Crippen MR) is 136 cm³/mol. The van der Waals surface area contributed by atoms with Gasteiger partial charge in [-0.05, 0) is 53.9 Å². The third-order valence-corrected chi connectivity index (χ3v) is 6.32. The lowest BCUT2D eigenvalue weighted by atomic mass is 9.85. The first-order chi connectivity index (χ1) is 16.4. The number of hydrogen-bond donors (Lipinski definition) is 4. The van der Waals surface area contributed by atoms with Gasteiger partial charge in [0.15, 0.2) is 5.79 Å². The summed E-state index contributed by atoms with van der Waals surface area (Å²) in [6.45, 7) is 13.2. The fourth-order valence-corrected chi connectivity index (χ4v) is 4.32. The lowest BCUT2D eigenvalue weighted by molar-refractivity contribution is -0.304. The molecule has 208 valence electrons. The fraction of sp³-hybridized carbons (Fsp3) is 0.833. The normalized spacial score (nSPS) is 20.6. The molecule has 0 aromatic rings. The van der Waals surface area contributed by atoms with Gasteiger partial charge in [0.2, 0.25) is 11.0 Å². The summed E-state index contributed by atoms with van der Waals surface area (Å²) in [6.07, 6.45) is -0.732. The van der Waals surface area contributed by atoms with Gasteiger partial charge in [-0.15, -0.1) is 0 Å². The minimum atomic E-state index is -1.06. The molecule has 1 aliphatic heterocycles. The molecule has 5 N–H and O–H groups in total. The third kappa shape index (κ3) is 12.4. The standard InChI is InChI=1S/C24H43N3O8S/c1-22(2,3)35-21(32)27-16(8-9-17(28)29)20(31)36-13-11-15(25)10-12-26-19(30)18-23(4,5)14-33-24(6,7)34-18/h15-16,18H,8-14,25H2,1-7H3,(H,26,30)(H,27,32)(H,28,29)/t15?,16-,18-/m0/s1.